The van der Waals surface area contributed by atoms with Crippen molar-refractivity contribution < 1.29 is 75.3 Å². The maximum atomic E-state index is 14.6. The van der Waals surface area contributed by atoms with Gasteiger partial charge in [0, 0.05) is 19.5 Å². The molecule has 19 nitrogen and oxygen atoms in total. The van der Waals surface area contributed by atoms with E-state index < -0.39 is 131 Å². The summed E-state index contributed by atoms with van der Waals surface area (Å²) in [4.78, 5) is 119. The van der Waals surface area contributed by atoms with E-state index in [0.29, 0.717) is 5.56 Å². The number of ketones is 1. The molecule has 0 aromatic heterocycles. The van der Waals surface area contributed by atoms with E-state index in [-0.39, 0.29) is 57.8 Å². The fourth-order valence-electron chi connectivity index (χ4n) is 7.13. The largest absolute Gasteiger partial charge is 0.478 e. The van der Waals surface area contributed by atoms with Crippen molar-refractivity contribution in [3.63, 3.8) is 0 Å². The summed E-state index contributed by atoms with van der Waals surface area (Å²) in [6.07, 6.45) is -2.43. The second-order valence-electron chi connectivity index (χ2n) is 16.3. The van der Waals surface area contributed by atoms with E-state index in [2.05, 4.69) is 26.6 Å². The van der Waals surface area contributed by atoms with E-state index >= 15 is 0 Å². The van der Waals surface area contributed by atoms with Crippen LogP contribution in [0.5, 0.6) is 0 Å². The average molecular weight is 972 g/mol. The first-order chi connectivity index (χ1) is 32.7. The van der Waals surface area contributed by atoms with Crippen molar-refractivity contribution in [2.24, 2.45) is 11.7 Å². The molecule has 8 N–H and O–H groups in total. The third-order valence-corrected chi connectivity index (χ3v) is 10.5. The Morgan fingerprint density at radius 2 is 1.42 bits per heavy atom. The Labute approximate surface area is 393 Å². The Kier molecular flexibility index (Phi) is 20.1. The van der Waals surface area contributed by atoms with Gasteiger partial charge in [-0.2, -0.15) is 0 Å². The third-order valence-electron chi connectivity index (χ3n) is 10.5. The number of benzene rings is 3. The van der Waals surface area contributed by atoms with Crippen molar-refractivity contribution >= 4 is 53.3 Å². The average Bonchev–Trinajstić information content (AvgIpc) is 3.76. The number of rotatable bonds is 24. The molecule has 3 aromatic carbocycles. The SMILES string of the molecule is CCCC(NC(=O)[C@@H]1C[C@@H](OCc2ccccc2)CN1C(=O)[C@H](CCCNC(=O)c1c(F)c(F)c(F)c(F)c1C(=O)O)NC(=O)OCC(C)C)C(=O)C(=O)NCC(=O)N[C@H](C(N)=O)c1ccccc1. The first-order valence-corrected chi connectivity index (χ1v) is 21.8. The molecular weight excluding hydrogens is 919 g/mol. The summed E-state index contributed by atoms with van der Waals surface area (Å²) in [5, 5.41) is 20.9. The summed E-state index contributed by atoms with van der Waals surface area (Å²) in [5.41, 5.74) is 3.18. The van der Waals surface area contributed by atoms with Crippen LogP contribution in [0.25, 0.3) is 0 Å². The van der Waals surface area contributed by atoms with E-state index in [1.54, 1.807) is 81.4 Å². The number of carbonyl (C=O) groups excluding carboxylic acids is 8. The predicted octanol–water partition coefficient (Wildman–Crippen LogP) is 2.70. The van der Waals surface area contributed by atoms with E-state index in [4.69, 9.17) is 15.2 Å². The molecule has 23 heteroatoms. The number of carboxylic acids is 1. The number of nitrogens with two attached hydrogens (primary N) is 1. The van der Waals surface area contributed by atoms with Crippen LogP contribution < -0.4 is 32.3 Å². The molecule has 1 aliphatic rings. The van der Waals surface area contributed by atoms with Crippen molar-refractivity contribution in [2.75, 3.05) is 26.2 Å². The molecule has 69 heavy (non-hydrogen) atoms. The van der Waals surface area contributed by atoms with Crippen LogP contribution >= 0.6 is 0 Å². The van der Waals surface area contributed by atoms with Crippen LogP contribution in [0.4, 0.5) is 22.4 Å². The molecule has 1 saturated heterocycles. The van der Waals surface area contributed by atoms with Gasteiger partial charge in [-0.25, -0.2) is 27.2 Å². The van der Waals surface area contributed by atoms with Crippen LogP contribution in [0.15, 0.2) is 60.7 Å². The highest BCUT2D eigenvalue weighted by Gasteiger charge is 2.44. The maximum Gasteiger partial charge on any atom is 0.407 e. The lowest BCUT2D eigenvalue weighted by atomic mass is 10.0. The van der Waals surface area contributed by atoms with Crippen LogP contribution in [0, 0.1) is 29.2 Å². The van der Waals surface area contributed by atoms with Crippen molar-refractivity contribution in [1.82, 2.24) is 31.5 Å². The second kappa shape index (κ2) is 25.6. The summed E-state index contributed by atoms with van der Waals surface area (Å²) in [6, 6.07) is 11.3. The first-order valence-electron chi connectivity index (χ1n) is 21.8. The summed E-state index contributed by atoms with van der Waals surface area (Å²) in [6.45, 7) is 3.60. The van der Waals surface area contributed by atoms with Gasteiger partial charge in [-0.1, -0.05) is 87.9 Å². The normalized spacial score (nSPS) is 15.6. The van der Waals surface area contributed by atoms with Crippen LogP contribution in [-0.2, 0) is 44.8 Å². The molecule has 3 aromatic rings. The maximum absolute atomic E-state index is 14.6. The Balaban J connectivity index is 1.53. The van der Waals surface area contributed by atoms with Crippen LogP contribution in [0.2, 0.25) is 0 Å². The highest BCUT2D eigenvalue weighted by atomic mass is 19.2. The lowest BCUT2D eigenvalue weighted by Gasteiger charge is -2.29. The smallest absolute Gasteiger partial charge is 0.407 e. The fourth-order valence-corrected chi connectivity index (χ4v) is 7.13. The number of likely N-dealkylation sites (tertiary alicyclic amines) is 1. The van der Waals surface area contributed by atoms with E-state index in [0.717, 1.165) is 10.5 Å². The minimum absolute atomic E-state index is 0.0487. The van der Waals surface area contributed by atoms with E-state index in [1.807, 2.05) is 0 Å². The monoisotopic (exact) mass is 971 g/mol. The van der Waals surface area contributed by atoms with Crippen LogP contribution in [0.1, 0.15) is 90.8 Å². The number of aromatic carboxylic acids is 1. The summed E-state index contributed by atoms with van der Waals surface area (Å²) >= 11 is 0. The van der Waals surface area contributed by atoms with Gasteiger partial charge >= 0.3 is 12.1 Å². The number of nitrogens with zero attached hydrogens (tertiary/aromatic N) is 1. The highest BCUT2D eigenvalue weighted by molar-refractivity contribution is 6.38. The molecule has 4 rings (SSSR count). The van der Waals surface area contributed by atoms with Gasteiger partial charge in [0.1, 0.15) is 23.7 Å². The Morgan fingerprint density at radius 1 is 0.797 bits per heavy atom. The highest BCUT2D eigenvalue weighted by Crippen LogP contribution is 2.26. The fraction of sp³-hybridized carbons (Fsp3) is 0.413. The summed E-state index contributed by atoms with van der Waals surface area (Å²) in [5.74, 6) is -19.4. The standard InChI is InChI=1S/C46H53F4N7O12/c1-4-12-28(39(59)43(63)53-20-31(58)56-38(40(51)60)26-15-9-6-10-16-26)54-41(61)30-19-27(68-23-25-13-7-5-8-14-25)21-57(30)44(64)29(55-46(67)69-22-24(2)3)17-11-18-52-42(62)32-33(45(65)66)35(48)37(50)36(49)34(32)47/h5-10,13-16,24,27-30,38H,4,11-12,17-23H2,1-3H3,(H2,51,60)(H,52,62)(H,53,63)(H,54,61)(H,55,67)(H,56,58)(H,65,66)/t27-,28?,29+,30+,38+/m1/s1. The second-order valence-corrected chi connectivity index (χ2v) is 16.3. The van der Waals surface area contributed by atoms with Crippen molar-refractivity contribution in [2.45, 2.75) is 89.8 Å². The van der Waals surface area contributed by atoms with Gasteiger partial charge in [0.15, 0.2) is 23.3 Å². The van der Waals surface area contributed by atoms with Gasteiger partial charge in [0.05, 0.1) is 37.5 Å². The number of carboxylic acid groups (broad SMARTS) is 1. The number of hydrogen-bond acceptors (Lipinski definition) is 11. The zero-order valence-electron chi connectivity index (χ0n) is 37.8. The molecule has 7 amide bonds. The quantitative estimate of drug-likeness (QED) is 0.0224. The number of primary amides is 1. The number of alkyl carbamates (subject to hydrolysis) is 1. The van der Waals surface area contributed by atoms with Gasteiger partial charge in [0.25, 0.3) is 11.8 Å². The number of ether oxygens (including phenoxy) is 2. The first kappa shape index (κ1) is 54.2. The molecular formula is C46H53F4N7O12. The molecule has 1 heterocycles. The molecule has 1 aliphatic heterocycles. The van der Waals surface area contributed by atoms with Crippen molar-refractivity contribution in [1.29, 1.82) is 0 Å². The minimum atomic E-state index is -2.45. The Bertz CT molecular complexity index is 2380. The van der Waals surface area contributed by atoms with Gasteiger partial charge in [-0.15, -0.1) is 0 Å². The zero-order valence-corrected chi connectivity index (χ0v) is 37.8. The summed E-state index contributed by atoms with van der Waals surface area (Å²) in [7, 11) is 0. The Morgan fingerprint density at radius 3 is 2.01 bits per heavy atom. The third kappa shape index (κ3) is 15.0. The van der Waals surface area contributed by atoms with Crippen LogP contribution in [0.3, 0.4) is 0 Å². The molecule has 0 bridgehead atoms. The zero-order chi connectivity index (χ0) is 50.9. The number of amides is 7. The summed E-state index contributed by atoms with van der Waals surface area (Å²) < 4.78 is 68.2. The predicted molar refractivity (Wildman–Crippen MR) is 234 cm³/mol. The minimum Gasteiger partial charge on any atom is -0.478 e. The Hall–Kier alpha value is -7.43. The molecule has 0 aliphatic carbocycles. The number of nitrogens with one attached hydrogen (secondary N) is 5. The molecule has 0 radical (unpaired) electrons. The van der Waals surface area contributed by atoms with E-state index in [1.165, 1.54) is 0 Å². The van der Waals surface area contributed by atoms with Gasteiger partial charge < -0.3 is 51.8 Å². The number of hydrogen-bond donors (Lipinski definition) is 7. The molecule has 5 atom stereocenters. The molecule has 1 unspecified atom stereocenters. The molecule has 0 spiro atoms. The lowest BCUT2D eigenvalue weighted by molar-refractivity contribution is -0.143. The van der Waals surface area contributed by atoms with Gasteiger partial charge in [-0.3, -0.25) is 33.6 Å². The van der Waals surface area contributed by atoms with Crippen molar-refractivity contribution in [3.8, 4) is 0 Å². The number of Topliss-reactive ketones (excluding diaryl/α,β-unsaturated/α-hetero) is 1. The van der Waals surface area contributed by atoms with Gasteiger partial charge in [-0.05, 0) is 36.3 Å². The van der Waals surface area contributed by atoms with E-state index in [9.17, 15) is 65.8 Å². The van der Waals surface area contributed by atoms with Crippen LogP contribution in [-0.4, -0.2) is 114 Å². The molecule has 1 fully saturated rings. The molecule has 0 saturated carbocycles. The molecule has 372 valence electrons. The van der Waals surface area contributed by atoms with Crippen molar-refractivity contribution in [3.05, 3.63) is 106 Å². The number of carbonyl (C=O) groups is 9. The van der Waals surface area contributed by atoms with Gasteiger partial charge in [0.2, 0.25) is 29.4 Å². The lowest BCUT2D eigenvalue weighted by Crippen LogP contribution is -2.56. The number of halogens is 4. The topological polar surface area (TPSA) is 282 Å².